The van der Waals surface area contributed by atoms with E-state index in [4.69, 9.17) is 5.11 Å². The molecule has 0 bridgehead atoms. The Morgan fingerprint density at radius 3 is 2.72 bits per heavy atom. The quantitative estimate of drug-likeness (QED) is 0.849. The maximum atomic E-state index is 9.04. The molecule has 1 N–H and O–H groups in total. The standard InChI is InChI=1S/C15H22N2O/c1-2-17-9-8-16(10-11-18)13-15(17)12-14-6-4-3-5-7-14/h2-7,15,18H,1,8-13H2. The third-order valence-corrected chi connectivity index (χ3v) is 3.58. The van der Waals surface area contributed by atoms with Crippen LogP contribution in [0.1, 0.15) is 5.56 Å². The van der Waals surface area contributed by atoms with Crippen LogP contribution in [0, 0.1) is 0 Å². The second-order valence-electron chi connectivity index (χ2n) is 4.79. The lowest BCUT2D eigenvalue weighted by atomic mass is 10.0. The average Bonchev–Trinajstić information content (AvgIpc) is 2.41. The SMILES string of the molecule is C=CN1CCN(CCO)CC1Cc1ccccc1. The monoisotopic (exact) mass is 246 g/mol. The summed E-state index contributed by atoms with van der Waals surface area (Å²) in [7, 11) is 0. The summed E-state index contributed by atoms with van der Waals surface area (Å²) in [5.41, 5.74) is 1.36. The van der Waals surface area contributed by atoms with Gasteiger partial charge in [-0.15, -0.1) is 0 Å². The maximum absolute atomic E-state index is 9.04. The molecule has 98 valence electrons. The molecule has 1 heterocycles. The van der Waals surface area contributed by atoms with Crippen molar-refractivity contribution >= 4 is 0 Å². The number of benzene rings is 1. The van der Waals surface area contributed by atoms with Gasteiger partial charge in [-0.1, -0.05) is 36.9 Å². The van der Waals surface area contributed by atoms with Crippen molar-refractivity contribution in [3.8, 4) is 0 Å². The van der Waals surface area contributed by atoms with Crippen molar-refractivity contribution in [2.45, 2.75) is 12.5 Å². The highest BCUT2D eigenvalue weighted by atomic mass is 16.3. The fourth-order valence-electron chi connectivity index (χ4n) is 2.59. The van der Waals surface area contributed by atoms with Gasteiger partial charge < -0.3 is 10.0 Å². The van der Waals surface area contributed by atoms with Gasteiger partial charge in [-0.05, 0) is 18.2 Å². The van der Waals surface area contributed by atoms with E-state index in [1.54, 1.807) is 0 Å². The van der Waals surface area contributed by atoms with Crippen LogP contribution in [0.3, 0.4) is 0 Å². The summed E-state index contributed by atoms with van der Waals surface area (Å²) < 4.78 is 0. The minimum atomic E-state index is 0.242. The van der Waals surface area contributed by atoms with Crippen LogP contribution >= 0.6 is 0 Å². The normalized spacial score (nSPS) is 20.9. The molecule has 0 radical (unpaired) electrons. The lowest BCUT2D eigenvalue weighted by Crippen LogP contribution is -2.52. The predicted octanol–water partition coefficient (Wildman–Crippen LogP) is 1.35. The number of rotatable bonds is 5. The molecule has 0 saturated carbocycles. The molecule has 0 aliphatic carbocycles. The molecule has 2 rings (SSSR count). The second-order valence-corrected chi connectivity index (χ2v) is 4.79. The van der Waals surface area contributed by atoms with Crippen molar-refractivity contribution in [1.82, 2.24) is 9.80 Å². The second kappa shape index (κ2) is 6.57. The molecule has 0 amide bonds. The van der Waals surface area contributed by atoms with Crippen LogP contribution < -0.4 is 0 Å². The van der Waals surface area contributed by atoms with E-state index in [2.05, 4.69) is 40.6 Å². The first-order valence-corrected chi connectivity index (χ1v) is 6.59. The van der Waals surface area contributed by atoms with Crippen LogP contribution in [-0.2, 0) is 6.42 Å². The highest BCUT2D eigenvalue weighted by Gasteiger charge is 2.24. The molecule has 0 aromatic heterocycles. The molecule has 1 aliphatic rings. The van der Waals surface area contributed by atoms with Crippen molar-refractivity contribution in [3.63, 3.8) is 0 Å². The van der Waals surface area contributed by atoms with E-state index in [0.717, 1.165) is 32.6 Å². The number of β-amino-alcohol motifs (C(OH)–C–C–N with tert-alkyl or cyclic N) is 1. The lowest BCUT2D eigenvalue weighted by Gasteiger charge is -2.41. The molecule has 1 unspecified atom stereocenters. The first-order chi connectivity index (χ1) is 8.83. The van der Waals surface area contributed by atoms with Gasteiger partial charge in [0, 0.05) is 32.2 Å². The largest absolute Gasteiger partial charge is 0.395 e. The van der Waals surface area contributed by atoms with Gasteiger partial charge in [-0.2, -0.15) is 0 Å². The van der Waals surface area contributed by atoms with Gasteiger partial charge in [0.25, 0.3) is 0 Å². The molecule has 0 spiro atoms. The minimum Gasteiger partial charge on any atom is -0.395 e. The number of aliphatic hydroxyl groups is 1. The summed E-state index contributed by atoms with van der Waals surface area (Å²) >= 11 is 0. The van der Waals surface area contributed by atoms with E-state index < -0.39 is 0 Å². The Hall–Kier alpha value is -1.32. The van der Waals surface area contributed by atoms with Gasteiger partial charge in [0.05, 0.1) is 6.61 Å². The molecule has 1 fully saturated rings. The summed E-state index contributed by atoms with van der Waals surface area (Å²) in [4.78, 5) is 4.65. The summed E-state index contributed by atoms with van der Waals surface area (Å²) in [6, 6.07) is 11.0. The number of aliphatic hydroxyl groups excluding tert-OH is 1. The fourth-order valence-corrected chi connectivity index (χ4v) is 2.59. The van der Waals surface area contributed by atoms with Gasteiger partial charge >= 0.3 is 0 Å². The van der Waals surface area contributed by atoms with E-state index in [9.17, 15) is 0 Å². The van der Waals surface area contributed by atoms with Gasteiger partial charge in [0.2, 0.25) is 0 Å². The van der Waals surface area contributed by atoms with Gasteiger partial charge in [0.15, 0.2) is 0 Å². The third-order valence-electron chi connectivity index (χ3n) is 3.58. The zero-order valence-corrected chi connectivity index (χ0v) is 10.8. The molecule has 3 nitrogen and oxygen atoms in total. The molecule has 1 aromatic carbocycles. The molecule has 1 aliphatic heterocycles. The zero-order valence-electron chi connectivity index (χ0n) is 10.8. The highest BCUT2D eigenvalue weighted by molar-refractivity contribution is 5.16. The minimum absolute atomic E-state index is 0.242. The van der Waals surface area contributed by atoms with Gasteiger partial charge in [-0.25, -0.2) is 0 Å². The Labute approximate surface area is 109 Å². The Kier molecular flexibility index (Phi) is 4.79. The van der Waals surface area contributed by atoms with E-state index in [-0.39, 0.29) is 6.61 Å². The summed E-state index contributed by atoms with van der Waals surface area (Å²) in [5.74, 6) is 0. The van der Waals surface area contributed by atoms with Crippen LogP contribution in [0.25, 0.3) is 0 Å². The first kappa shape index (κ1) is 13.1. The lowest BCUT2D eigenvalue weighted by molar-refractivity contribution is 0.0944. The Bertz CT molecular complexity index is 366. The molecule has 18 heavy (non-hydrogen) atoms. The summed E-state index contributed by atoms with van der Waals surface area (Å²) in [5, 5.41) is 9.04. The van der Waals surface area contributed by atoms with Crippen LogP contribution in [0.4, 0.5) is 0 Å². The van der Waals surface area contributed by atoms with E-state index in [1.807, 2.05) is 12.3 Å². The Morgan fingerprint density at radius 2 is 2.06 bits per heavy atom. The number of piperazine rings is 1. The third kappa shape index (κ3) is 3.34. The van der Waals surface area contributed by atoms with Gasteiger partial charge in [0.1, 0.15) is 0 Å². The fraction of sp³-hybridized carbons (Fsp3) is 0.467. The van der Waals surface area contributed by atoms with Gasteiger partial charge in [-0.3, -0.25) is 4.90 Å². The Balaban J connectivity index is 2.00. The smallest absolute Gasteiger partial charge is 0.0558 e. The van der Waals surface area contributed by atoms with Crippen molar-refractivity contribution in [2.24, 2.45) is 0 Å². The molecular weight excluding hydrogens is 224 g/mol. The van der Waals surface area contributed by atoms with E-state index in [1.165, 1.54) is 5.56 Å². The van der Waals surface area contributed by atoms with E-state index in [0.29, 0.717) is 6.04 Å². The van der Waals surface area contributed by atoms with Crippen LogP contribution in [0.5, 0.6) is 0 Å². The molecule has 3 heteroatoms. The number of nitrogens with zero attached hydrogens (tertiary/aromatic N) is 2. The molecular formula is C15H22N2O. The summed E-state index contributed by atoms with van der Waals surface area (Å²) in [6.45, 7) is 7.94. The highest BCUT2D eigenvalue weighted by Crippen LogP contribution is 2.15. The summed E-state index contributed by atoms with van der Waals surface area (Å²) in [6.07, 6.45) is 2.98. The predicted molar refractivity (Wildman–Crippen MR) is 74.4 cm³/mol. The van der Waals surface area contributed by atoms with Crippen LogP contribution in [0.15, 0.2) is 43.1 Å². The molecule has 1 atom stereocenters. The van der Waals surface area contributed by atoms with E-state index >= 15 is 0 Å². The number of hydrogen-bond donors (Lipinski definition) is 1. The first-order valence-electron chi connectivity index (χ1n) is 6.59. The zero-order chi connectivity index (χ0) is 12.8. The molecule has 1 aromatic rings. The Morgan fingerprint density at radius 1 is 1.28 bits per heavy atom. The van der Waals surface area contributed by atoms with Crippen molar-refractivity contribution in [1.29, 1.82) is 0 Å². The number of hydrogen-bond acceptors (Lipinski definition) is 3. The van der Waals surface area contributed by atoms with Crippen LogP contribution in [0.2, 0.25) is 0 Å². The molecule has 1 saturated heterocycles. The van der Waals surface area contributed by atoms with Crippen molar-refractivity contribution < 1.29 is 5.11 Å². The van der Waals surface area contributed by atoms with Crippen LogP contribution in [-0.4, -0.2) is 53.7 Å². The average molecular weight is 246 g/mol. The topological polar surface area (TPSA) is 26.7 Å². The maximum Gasteiger partial charge on any atom is 0.0558 e. The van der Waals surface area contributed by atoms with Crippen molar-refractivity contribution in [3.05, 3.63) is 48.7 Å². The van der Waals surface area contributed by atoms with Crippen molar-refractivity contribution in [2.75, 3.05) is 32.8 Å².